The van der Waals surface area contributed by atoms with Crippen LogP contribution in [0, 0.1) is 0 Å². The van der Waals surface area contributed by atoms with E-state index in [4.69, 9.17) is 0 Å². The van der Waals surface area contributed by atoms with Crippen LogP contribution in [0.4, 0.5) is 0 Å². The van der Waals surface area contributed by atoms with E-state index in [9.17, 15) is 25.9 Å². The first-order valence-electron chi connectivity index (χ1n) is 8.90. The second-order valence-electron chi connectivity index (χ2n) is 6.55. The van der Waals surface area contributed by atoms with Crippen molar-refractivity contribution in [3.63, 3.8) is 0 Å². The van der Waals surface area contributed by atoms with Crippen molar-refractivity contribution >= 4 is 20.2 Å². The van der Waals surface area contributed by atoms with Crippen LogP contribution in [0.15, 0.2) is 82.8 Å². The maximum absolute atomic E-state index is 11.1. The van der Waals surface area contributed by atoms with Gasteiger partial charge in [-0.3, -0.25) is 4.98 Å². The highest BCUT2D eigenvalue weighted by Gasteiger charge is 2.09. The fraction of sp³-hybridized carbons (Fsp3) is 0. The Morgan fingerprint density at radius 2 is 1.12 bits per heavy atom. The van der Waals surface area contributed by atoms with E-state index in [-0.39, 0.29) is 15.6 Å². The van der Waals surface area contributed by atoms with Crippen molar-refractivity contribution in [2.24, 2.45) is 0 Å². The van der Waals surface area contributed by atoms with Crippen LogP contribution in [0.3, 0.4) is 0 Å². The molecule has 162 valence electrons. The van der Waals surface area contributed by atoms with E-state index < -0.39 is 20.2 Å². The van der Waals surface area contributed by atoms with E-state index in [1.165, 1.54) is 54.7 Å². The van der Waals surface area contributed by atoms with Crippen LogP contribution in [0.25, 0.3) is 33.9 Å². The van der Waals surface area contributed by atoms with Gasteiger partial charge in [0, 0.05) is 17.3 Å². The molecule has 32 heavy (non-hydrogen) atoms. The van der Waals surface area contributed by atoms with Crippen LogP contribution < -0.4 is 0 Å². The third-order valence-electron chi connectivity index (χ3n) is 4.47. The molecular weight excluding hydrogens is 456 g/mol. The predicted octanol–water partition coefficient (Wildman–Crippen LogP) is 2.08. The molecular formula is C20H12N4O6S2-2. The van der Waals surface area contributed by atoms with Crippen molar-refractivity contribution in [2.75, 3.05) is 0 Å². The average molecular weight is 468 g/mol. The van der Waals surface area contributed by atoms with Crippen LogP contribution >= 0.6 is 0 Å². The summed E-state index contributed by atoms with van der Waals surface area (Å²) in [5.41, 5.74) is 2.71. The predicted molar refractivity (Wildman–Crippen MR) is 110 cm³/mol. The fourth-order valence-corrected chi connectivity index (χ4v) is 3.79. The molecule has 0 unspecified atom stereocenters. The molecule has 4 aromatic rings. The molecule has 2 heterocycles. The molecule has 0 aliphatic heterocycles. The summed E-state index contributed by atoms with van der Waals surface area (Å²) in [5.74, 6) is 0.224. The lowest BCUT2D eigenvalue weighted by atomic mass is 10.1. The Morgan fingerprint density at radius 3 is 1.62 bits per heavy atom. The number of pyridine rings is 1. The van der Waals surface area contributed by atoms with E-state index in [2.05, 4.69) is 20.2 Å². The summed E-state index contributed by atoms with van der Waals surface area (Å²) in [6.07, 6.45) is 2.93. The van der Waals surface area contributed by atoms with Crippen LogP contribution in [0.2, 0.25) is 0 Å². The second-order valence-corrected chi connectivity index (χ2v) is 9.31. The number of benzene rings is 2. The van der Waals surface area contributed by atoms with Crippen molar-refractivity contribution in [3.05, 3.63) is 73.1 Å². The normalized spacial score (nSPS) is 11.9. The molecule has 0 aliphatic carbocycles. The monoisotopic (exact) mass is 468 g/mol. The quantitative estimate of drug-likeness (QED) is 0.396. The highest BCUT2D eigenvalue weighted by Crippen LogP contribution is 2.24. The third kappa shape index (κ3) is 4.68. The van der Waals surface area contributed by atoms with Gasteiger partial charge in [0.15, 0.2) is 0 Å². The Balaban J connectivity index is 1.60. The molecule has 12 heteroatoms. The van der Waals surface area contributed by atoms with E-state index in [1.807, 2.05) is 0 Å². The average Bonchev–Trinajstić information content (AvgIpc) is 2.78. The summed E-state index contributed by atoms with van der Waals surface area (Å²) >= 11 is 0. The van der Waals surface area contributed by atoms with Crippen molar-refractivity contribution in [1.82, 2.24) is 20.2 Å². The molecule has 10 nitrogen and oxygen atoms in total. The molecule has 4 rings (SSSR count). The van der Waals surface area contributed by atoms with Gasteiger partial charge in [-0.1, -0.05) is 30.3 Å². The summed E-state index contributed by atoms with van der Waals surface area (Å²) in [6, 6.07) is 14.1. The molecule has 0 spiro atoms. The molecule has 0 N–H and O–H groups in total. The molecule has 2 aromatic heterocycles. The Kier molecular flexibility index (Phi) is 5.52. The van der Waals surface area contributed by atoms with Gasteiger partial charge in [-0.15, -0.1) is 5.10 Å². The number of rotatable bonds is 5. The number of hydrogen-bond donors (Lipinski definition) is 0. The maximum Gasteiger partial charge on any atom is 0.200 e. The summed E-state index contributed by atoms with van der Waals surface area (Å²) in [6.45, 7) is 0. The molecule has 0 saturated carbocycles. The highest BCUT2D eigenvalue weighted by molar-refractivity contribution is 7.86. The van der Waals surface area contributed by atoms with Gasteiger partial charge in [0.2, 0.25) is 5.82 Å². The Labute approximate surface area is 183 Å². The number of nitrogens with zero attached hydrogens (tertiary/aromatic N) is 4. The zero-order chi connectivity index (χ0) is 22.9. The minimum absolute atomic E-state index is 0.224. The summed E-state index contributed by atoms with van der Waals surface area (Å²) in [7, 11) is -9.06. The van der Waals surface area contributed by atoms with Crippen molar-refractivity contribution < 1.29 is 25.9 Å². The van der Waals surface area contributed by atoms with Gasteiger partial charge in [-0.2, -0.15) is 5.10 Å². The van der Waals surface area contributed by atoms with Gasteiger partial charge in [0.25, 0.3) is 0 Å². The summed E-state index contributed by atoms with van der Waals surface area (Å²) < 4.78 is 66.3. The summed E-state index contributed by atoms with van der Waals surface area (Å²) in [5, 5.41) is 7.86. The van der Waals surface area contributed by atoms with Crippen LogP contribution in [-0.4, -0.2) is 46.1 Å². The lowest BCUT2D eigenvalue weighted by Crippen LogP contribution is -1.99. The number of hydrogen-bond acceptors (Lipinski definition) is 10. The molecule has 0 amide bonds. The minimum atomic E-state index is -4.54. The van der Waals surface area contributed by atoms with E-state index in [0.717, 1.165) is 0 Å². The Bertz CT molecular complexity index is 1490. The van der Waals surface area contributed by atoms with Gasteiger partial charge in [0.05, 0.1) is 21.7 Å². The Morgan fingerprint density at radius 1 is 0.594 bits per heavy atom. The maximum atomic E-state index is 11.1. The fourth-order valence-electron chi connectivity index (χ4n) is 2.85. The van der Waals surface area contributed by atoms with E-state index >= 15 is 0 Å². The minimum Gasteiger partial charge on any atom is -0.744 e. The Hall–Kier alpha value is -3.58. The zero-order valence-corrected chi connectivity index (χ0v) is 17.6. The number of aromatic nitrogens is 4. The van der Waals surface area contributed by atoms with Crippen molar-refractivity contribution in [3.8, 4) is 33.9 Å². The van der Waals surface area contributed by atoms with Crippen LogP contribution in [0.1, 0.15) is 0 Å². The zero-order valence-electron chi connectivity index (χ0n) is 16.0. The van der Waals surface area contributed by atoms with Gasteiger partial charge >= 0.3 is 0 Å². The largest absolute Gasteiger partial charge is 0.744 e. The van der Waals surface area contributed by atoms with Gasteiger partial charge in [-0.25, -0.2) is 21.8 Å². The van der Waals surface area contributed by atoms with E-state index in [1.54, 1.807) is 18.3 Å². The smallest absolute Gasteiger partial charge is 0.200 e. The molecule has 0 atom stereocenters. The van der Waals surface area contributed by atoms with E-state index in [0.29, 0.717) is 28.1 Å². The highest BCUT2D eigenvalue weighted by atomic mass is 32.2. The third-order valence-corrected chi connectivity index (χ3v) is 6.17. The molecule has 0 radical (unpaired) electrons. The summed E-state index contributed by atoms with van der Waals surface area (Å²) in [4.78, 5) is 8.03. The molecule has 0 aliphatic rings. The first-order valence-corrected chi connectivity index (χ1v) is 11.7. The standard InChI is InChI=1S/C20H14N4O6S2/c25-31(26,27)16-6-1-13(2-7-16)15-5-10-18(21-11-15)20-23-19(12-22-24-20)14-3-8-17(9-4-14)32(28,29)30/h1-12H,(H,25,26,27)(H,28,29,30)/p-2. The lowest BCUT2D eigenvalue weighted by Gasteiger charge is -2.09. The SMILES string of the molecule is O=S(=O)([O-])c1ccc(-c2ccc(-c3nncc(-c4ccc(S(=O)(=O)[O-])cc4)n3)nc2)cc1. The van der Waals surface area contributed by atoms with Gasteiger partial charge in [-0.05, 0) is 35.9 Å². The molecule has 0 fully saturated rings. The second kappa shape index (κ2) is 8.16. The molecule has 0 bridgehead atoms. The van der Waals surface area contributed by atoms with Crippen molar-refractivity contribution in [1.29, 1.82) is 0 Å². The lowest BCUT2D eigenvalue weighted by molar-refractivity contribution is 0.461. The van der Waals surface area contributed by atoms with Gasteiger partial charge < -0.3 is 9.11 Å². The van der Waals surface area contributed by atoms with Crippen LogP contribution in [-0.2, 0) is 20.2 Å². The van der Waals surface area contributed by atoms with Crippen molar-refractivity contribution in [2.45, 2.75) is 9.79 Å². The molecule has 2 aromatic carbocycles. The molecule has 0 saturated heterocycles. The van der Waals surface area contributed by atoms with Gasteiger partial charge in [0.1, 0.15) is 25.9 Å². The first-order chi connectivity index (χ1) is 15.1. The van der Waals surface area contributed by atoms with Crippen LogP contribution in [0.5, 0.6) is 0 Å². The topological polar surface area (TPSA) is 166 Å². The first kappa shape index (κ1) is 21.6.